The van der Waals surface area contributed by atoms with Gasteiger partial charge in [-0.3, -0.25) is 0 Å². The SMILES string of the molecule is CC(O)CNCC1CCN(C)CC1. The van der Waals surface area contributed by atoms with Crippen molar-refractivity contribution < 1.29 is 5.11 Å². The summed E-state index contributed by atoms with van der Waals surface area (Å²) in [6.07, 6.45) is 2.37. The Balaban J connectivity index is 2.02. The highest BCUT2D eigenvalue weighted by Gasteiger charge is 2.15. The zero-order valence-corrected chi connectivity index (χ0v) is 8.79. The molecule has 0 aromatic carbocycles. The van der Waals surface area contributed by atoms with Gasteiger partial charge in [0.05, 0.1) is 6.10 Å². The van der Waals surface area contributed by atoms with E-state index in [9.17, 15) is 0 Å². The molecular weight excluding hydrogens is 164 g/mol. The lowest BCUT2D eigenvalue weighted by atomic mass is 9.97. The molecule has 1 rings (SSSR count). The maximum atomic E-state index is 9.05. The van der Waals surface area contributed by atoms with Crippen molar-refractivity contribution in [2.24, 2.45) is 5.92 Å². The van der Waals surface area contributed by atoms with Crippen molar-refractivity contribution in [1.82, 2.24) is 10.2 Å². The zero-order chi connectivity index (χ0) is 9.68. The van der Waals surface area contributed by atoms with Gasteiger partial charge in [-0.15, -0.1) is 0 Å². The monoisotopic (exact) mass is 186 g/mol. The predicted molar refractivity (Wildman–Crippen MR) is 54.8 cm³/mol. The largest absolute Gasteiger partial charge is 0.392 e. The molecule has 1 aliphatic rings. The van der Waals surface area contributed by atoms with Gasteiger partial charge in [-0.05, 0) is 52.4 Å². The number of nitrogens with zero attached hydrogens (tertiary/aromatic N) is 1. The molecule has 1 heterocycles. The van der Waals surface area contributed by atoms with Crippen molar-refractivity contribution in [1.29, 1.82) is 0 Å². The standard InChI is InChI=1S/C10H22N2O/c1-9(13)7-11-8-10-3-5-12(2)6-4-10/h9-11,13H,3-8H2,1-2H3. The molecule has 0 amide bonds. The summed E-state index contributed by atoms with van der Waals surface area (Å²) in [5, 5.41) is 12.4. The Kier molecular flexibility index (Phi) is 4.70. The van der Waals surface area contributed by atoms with Crippen molar-refractivity contribution in [2.45, 2.75) is 25.9 Å². The lowest BCUT2D eigenvalue weighted by Gasteiger charge is -2.29. The number of aliphatic hydroxyl groups is 1. The highest BCUT2D eigenvalue weighted by atomic mass is 16.3. The molecule has 0 aromatic rings. The van der Waals surface area contributed by atoms with E-state index in [4.69, 9.17) is 5.11 Å². The van der Waals surface area contributed by atoms with Crippen LogP contribution in [0.5, 0.6) is 0 Å². The van der Waals surface area contributed by atoms with E-state index >= 15 is 0 Å². The van der Waals surface area contributed by atoms with E-state index in [-0.39, 0.29) is 6.10 Å². The van der Waals surface area contributed by atoms with Crippen molar-refractivity contribution in [3.05, 3.63) is 0 Å². The third kappa shape index (κ3) is 4.60. The van der Waals surface area contributed by atoms with Crippen molar-refractivity contribution >= 4 is 0 Å². The number of aliphatic hydroxyl groups excluding tert-OH is 1. The van der Waals surface area contributed by atoms with Gasteiger partial charge in [0.25, 0.3) is 0 Å². The highest BCUT2D eigenvalue weighted by molar-refractivity contribution is 4.71. The van der Waals surface area contributed by atoms with Gasteiger partial charge in [-0.25, -0.2) is 0 Å². The van der Waals surface area contributed by atoms with Crippen LogP contribution in [0.2, 0.25) is 0 Å². The first-order valence-corrected chi connectivity index (χ1v) is 5.26. The Morgan fingerprint density at radius 3 is 2.62 bits per heavy atom. The minimum Gasteiger partial charge on any atom is -0.392 e. The van der Waals surface area contributed by atoms with Crippen LogP contribution in [-0.2, 0) is 0 Å². The molecule has 1 fully saturated rings. The number of rotatable bonds is 4. The molecular formula is C10H22N2O. The summed E-state index contributed by atoms with van der Waals surface area (Å²) < 4.78 is 0. The summed E-state index contributed by atoms with van der Waals surface area (Å²) >= 11 is 0. The summed E-state index contributed by atoms with van der Waals surface area (Å²) in [4.78, 5) is 2.38. The lowest BCUT2D eigenvalue weighted by molar-refractivity contribution is 0.179. The first kappa shape index (κ1) is 11.0. The van der Waals surface area contributed by atoms with Gasteiger partial charge < -0.3 is 15.3 Å². The van der Waals surface area contributed by atoms with Gasteiger partial charge in [0, 0.05) is 6.54 Å². The Bertz CT molecular complexity index is 131. The number of nitrogens with one attached hydrogen (secondary N) is 1. The zero-order valence-electron chi connectivity index (χ0n) is 8.79. The molecule has 78 valence electrons. The molecule has 0 radical (unpaired) electrons. The van der Waals surface area contributed by atoms with Crippen LogP contribution in [0.4, 0.5) is 0 Å². The molecule has 2 N–H and O–H groups in total. The number of piperidine rings is 1. The number of likely N-dealkylation sites (tertiary alicyclic amines) is 1. The van der Waals surface area contributed by atoms with E-state index in [1.54, 1.807) is 0 Å². The van der Waals surface area contributed by atoms with E-state index in [0.717, 1.165) is 19.0 Å². The maximum absolute atomic E-state index is 9.05. The third-order valence-corrected chi connectivity index (χ3v) is 2.71. The lowest BCUT2D eigenvalue weighted by Crippen LogP contribution is -2.36. The van der Waals surface area contributed by atoms with Gasteiger partial charge in [0.1, 0.15) is 0 Å². The molecule has 0 saturated carbocycles. The Morgan fingerprint density at radius 1 is 1.46 bits per heavy atom. The van der Waals surface area contributed by atoms with Gasteiger partial charge in [-0.1, -0.05) is 0 Å². The van der Waals surface area contributed by atoms with Gasteiger partial charge in [0.2, 0.25) is 0 Å². The number of hydrogen-bond donors (Lipinski definition) is 2. The predicted octanol–water partition coefficient (Wildman–Crippen LogP) is 0.299. The van der Waals surface area contributed by atoms with Crippen LogP contribution in [0, 0.1) is 5.92 Å². The average molecular weight is 186 g/mol. The average Bonchev–Trinajstić information content (AvgIpc) is 2.08. The van der Waals surface area contributed by atoms with Crippen molar-refractivity contribution in [2.75, 3.05) is 33.2 Å². The van der Waals surface area contributed by atoms with E-state index in [1.165, 1.54) is 25.9 Å². The summed E-state index contributed by atoms with van der Waals surface area (Å²) in [5.74, 6) is 0.815. The maximum Gasteiger partial charge on any atom is 0.0636 e. The second-order valence-electron chi connectivity index (χ2n) is 4.25. The fourth-order valence-electron chi connectivity index (χ4n) is 1.76. The van der Waals surface area contributed by atoms with Crippen LogP contribution in [0.1, 0.15) is 19.8 Å². The second kappa shape index (κ2) is 5.58. The van der Waals surface area contributed by atoms with E-state index in [1.807, 2.05) is 6.92 Å². The molecule has 1 atom stereocenters. The molecule has 0 aliphatic carbocycles. The van der Waals surface area contributed by atoms with Crippen molar-refractivity contribution in [3.63, 3.8) is 0 Å². The molecule has 1 aliphatic heterocycles. The Labute approximate surface area is 81.1 Å². The smallest absolute Gasteiger partial charge is 0.0636 e. The number of hydrogen-bond acceptors (Lipinski definition) is 3. The topological polar surface area (TPSA) is 35.5 Å². The minimum absolute atomic E-state index is 0.216. The van der Waals surface area contributed by atoms with Crippen LogP contribution in [0.3, 0.4) is 0 Å². The summed E-state index contributed by atoms with van der Waals surface area (Å²) in [7, 11) is 2.18. The molecule has 0 bridgehead atoms. The summed E-state index contributed by atoms with van der Waals surface area (Å²) in [5.41, 5.74) is 0. The first-order chi connectivity index (χ1) is 6.18. The van der Waals surface area contributed by atoms with Crippen LogP contribution < -0.4 is 5.32 Å². The first-order valence-electron chi connectivity index (χ1n) is 5.26. The molecule has 0 aromatic heterocycles. The fraction of sp³-hybridized carbons (Fsp3) is 1.00. The summed E-state index contributed by atoms with van der Waals surface area (Å²) in [6, 6.07) is 0. The van der Waals surface area contributed by atoms with Crippen LogP contribution >= 0.6 is 0 Å². The summed E-state index contributed by atoms with van der Waals surface area (Å²) in [6.45, 7) is 6.06. The quantitative estimate of drug-likeness (QED) is 0.663. The van der Waals surface area contributed by atoms with Crippen LogP contribution in [-0.4, -0.2) is 49.3 Å². The fourth-order valence-corrected chi connectivity index (χ4v) is 1.76. The van der Waals surface area contributed by atoms with Gasteiger partial charge in [0.15, 0.2) is 0 Å². The molecule has 1 saturated heterocycles. The van der Waals surface area contributed by atoms with Gasteiger partial charge >= 0.3 is 0 Å². The molecule has 0 spiro atoms. The Hall–Kier alpha value is -0.120. The molecule has 3 nitrogen and oxygen atoms in total. The Morgan fingerprint density at radius 2 is 2.08 bits per heavy atom. The molecule has 13 heavy (non-hydrogen) atoms. The normalized spacial score (nSPS) is 23.3. The highest BCUT2D eigenvalue weighted by Crippen LogP contribution is 2.14. The second-order valence-corrected chi connectivity index (χ2v) is 4.25. The van der Waals surface area contributed by atoms with E-state index in [2.05, 4.69) is 17.3 Å². The van der Waals surface area contributed by atoms with Crippen molar-refractivity contribution in [3.8, 4) is 0 Å². The minimum atomic E-state index is -0.216. The molecule has 1 unspecified atom stereocenters. The van der Waals surface area contributed by atoms with Crippen LogP contribution in [0.15, 0.2) is 0 Å². The molecule has 3 heteroatoms. The van der Waals surface area contributed by atoms with E-state index in [0.29, 0.717) is 0 Å². The van der Waals surface area contributed by atoms with Gasteiger partial charge in [-0.2, -0.15) is 0 Å². The third-order valence-electron chi connectivity index (χ3n) is 2.71. The van der Waals surface area contributed by atoms with Crippen LogP contribution in [0.25, 0.3) is 0 Å². The van der Waals surface area contributed by atoms with E-state index < -0.39 is 0 Å².